The van der Waals surface area contributed by atoms with Gasteiger partial charge in [-0.25, -0.2) is 4.79 Å². The first-order valence-corrected chi connectivity index (χ1v) is 6.14. The Bertz CT molecular complexity index is 502. The van der Waals surface area contributed by atoms with Crippen LogP contribution in [0.1, 0.15) is 24.2 Å². The normalized spacial score (nSPS) is 12.2. The van der Waals surface area contributed by atoms with Gasteiger partial charge in [-0.05, 0) is 18.1 Å². The molecule has 110 valence electrons. The zero-order valence-electron chi connectivity index (χ0n) is 11.6. The summed E-state index contributed by atoms with van der Waals surface area (Å²) in [6.45, 7) is 4.46. The molecule has 0 aromatic heterocycles. The molecule has 1 atom stereocenters. The van der Waals surface area contributed by atoms with Gasteiger partial charge in [0.05, 0.1) is 17.6 Å². The van der Waals surface area contributed by atoms with E-state index in [1.54, 1.807) is 7.11 Å². The third kappa shape index (κ3) is 3.92. The van der Waals surface area contributed by atoms with E-state index in [1.165, 1.54) is 18.2 Å². The first-order valence-electron chi connectivity index (χ1n) is 6.14. The van der Waals surface area contributed by atoms with Crippen LogP contribution in [0.15, 0.2) is 18.2 Å². The van der Waals surface area contributed by atoms with E-state index in [0.717, 1.165) is 0 Å². The summed E-state index contributed by atoms with van der Waals surface area (Å²) in [5.41, 5.74) is -0.237. The fraction of sp³-hybridized carbons (Fsp3) is 0.462. The molecule has 1 rings (SSSR count). The van der Waals surface area contributed by atoms with E-state index in [9.17, 15) is 14.9 Å². The molecule has 0 saturated carbocycles. The minimum absolute atomic E-state index is 0.0110. The van der Waals surface area contributed by atoms with Crippen molar-refractivity contribution in [2.24, 2.45) is 5.92 Å². The van der Waals surface area contributed by atoms with Gasteiger partial charge in [0.2, 0.25) is 0 Å². The molecule has 1 aromatic carbocycles. The molecule has 0 aliphatic rings. The molecule has 1 aromatic rings. The molecule has 1 unspecified atom stereocenters. The van der Waals surface area contributed by atoms with E-state index in [1.807, 2.05) is 13.8 Å². The molecular formula is C13H18N2O5. The number of carboxylic acids is 1. The Hall–Kier alpha value is -2.15. The topological polar surface area (TPSA) is 102 Å². The number of nitrogens with one attached hydrogen (secondary N) is 1. The van der Waals surface area contributed by atoms with Crippen molar-refractivity contribution in [3.05, 3.63) is 33.9 Å². The van der Waals surface area contributed by atoms with Crippen molar-refractivity contribution < 1.29 is 19.6 Å². The number of nitrogens with zero attached hydrogens (tertiary/aromatic N) is 1. The molecule has 0 fully saturated rings. The maximum absolute atomic E-state index is 11.1. The van der Waals surface area contributed by atoms with Gasteiger partial charge in [0.15, 0.2) is 0 Å². The van der Waals surface area contributed by atoms with E-state index in [0.29, 0.717) is 12.3 Å². The number of anilines is 1. The number of benzene rings is 1. The second-order valence-corrected chi connectivity index (χ2v) is 4.74. The van der Waals surface area contributed by atoms with Crippen LogP contribution in [0.5, 0.6) is 0 Å². The van der Waals surface area contributed by atoms with Crippen LogP contribution in [0.4, 0.5) is 11.4 Å². The number of ether oxygens (including phenoxy) is 1. The highest BCUT2D eigenvalue weighted by Crippen LogP contribution is 2.24. The fourth-order valence-electron chi connectivity index (χ4n) is 1.75. The summed E-state index contributed by atoms with van der Waals surface area (Å²) in [5, 5.41) is 22.9. The predicted molar refractivity (Wildman–Crippen MR) is 74.2 cm³/mol. The molecule has 7 nitrogen and oxygen atoms in total. The van der Waals surface area contributed by atoms with Gasteiger partial charge >= 0.3 is 5.97 Å². The lowest BCUT2D eigenvalue weighted by Gasteiger charge is -2.22. The van der Waals surface area contributed by atoms with Gasteiger partial charge in [0.25, 0.3) is 5.69 Å². The first-order chi connectivity index (χ1) is 9.36. The number of nitro benzene ring substituents is 1. The lowest BCUT2D eigenvalue weighted by Crippen LogP contribution is -2.30. The molecule has 0 bridgehead atoms. The summed E-state index contributed by atoms with van der Waals surface area (Å²) in [6.07, 6.45) is 0. The summed E-state index contributed by atoms with van der Waals surface area (Å²) < 4.78 is 5.09. The molecule has 0 heterocycles. The molecule has 0 saturated heterocycles. The van der Waals surface area contributed by atoms with Crippen LogP contribution in [0.25, 0.3) is 0 Å². The van der Waals surface area contributed by atoms with Crippen LogP contribution in [-0.4, -0.2) is 35.8 Å². The first kappa shape index (κ1) is 15.9. The van der Waals surface area contributed by atoms with Crippen LogP contribution < -0.4 is 5.32 Å². The van der Waals surface area contributed by atoms with Gasteiger partial charge in [-0.15, -0.1) is 0 Å². The van der Waals surface area contributed by atoms with Gasteiger partial charge in [-0.2, -0.15) is 0 Å². The average Bonchev–Trinajstić information content (AvgIpc) is 2.37. The predicted octanol–water partition coefficient (Wildman–Crippen LogP) is 2.38. The van der Waals surface area contributed by atoms with Crippen molar-refractivity contribution in [3.63, 3.8) is 0 Å². The Morgan fingerprint density at radius 1 is 1.50 bits per heavy atom. The van der Waals surface area contributed by atoms with E-state index in [4.69, 9.17) is 9.84 Å². The number of rotatable bonds is 7. The lowest BCUT2D eigenvalue weighted by atomic mass is 10.0. The Morgan fingerprint density at radius 2 is 2.15 bits per heavy atom. The Kier molecular flexibility index (Phi) is 5.45. The Balaban J connectivity index is 3.05. The van der Waals surface area contributed by atoms with Crippen LogP contribution >= 0.6 is 0 Å². The fourth-order valence-corrected chi connectivity index (χ4v) is 1.75. The van der Waals surface area contributed by atoms with Gasteiger partial charge < -0.3 is 15.2 Å². The second-order valence-electron chi connectivity index (χ2n) is 4.74. The van der Waals surface area contributed by atoms with Crippen molar-refractivity contribution in [2.75, 3.05) is 19.0 Å². The van der Waals surface area contributed by atoms with Crippen molar-refractivity contribution in [3.8, 4) is 0 Å². The van der Waals surface area contributed by atoms with Crippen LogP contribution in [0.2, 0.25) is 0 Å². The molecule has 7 heteroatoms. The number of carbonyl (C=O) groups is 1. The smallest absolute Gasteiger partial charge is 0.342 e. The largest absolute Gasteiger partial charge is 0.477 e. The maximum atomic E-state index is 11.1. The number of nitro groups is 1. The van der Waals surface area contributed by atoms with Gasteiger partial charge in [0, 0.05) is 18.9 Å². The van der Waals surface area contributed by atoms with E-state index >= 15 is 0 Å². The number of hydrogen-bond donors (Lipinski definition) is 2. The summed E-state index contributed by atoms with van der Waals surface area (Å²) in [6, 6.07) is 3.94. The molecule has 0 aliphatic carbocycles. The minimum atomic E-state index is -1.33. The van der Waals surface area contributed by atoms with Crippen molar-refractivity contribution in [1.82, 2.24) is 0 Å². The van der Waals surface area contributed by atoms with Gasteiger partial charge in [-0.1, -0.05) is 13.8 Å². The van der Waals surface area contributed by atoms with E-state index in [-0.39, 0.29) is 17.5 Å². The Labute approximate surface area is 116 Å². The highest BCUT2D eigenvalue weighted by Gasteiger charge is 2.21. The maximum Gasteiger partial charge on any atom is 0.342 e. The van der Waals surface area contributed by atoms with Gasteiger partial charge in [-0.3, -0.25) is 10.1 Å². The average molecular weight is 282 g/mol. The third-order valence-electron chi connectivity index (χ3n) is 2.93. The number of hydrogen-bond acceptors (Lipinski definition) is 5. The summed E-state index contributed by atoms with van der Waals surface area (Å²) in [7, 11) is 1.58. The molecule has 2 N–H and O–H groups in total. The molecule has 0 spiro atoms. The van der Waals surface area contributed by atoms with E-state index in [2.05, 4.69) is 5.32 Å². The highest BCUT2D eigenvalue weighted by molar-refractivity contribution is 5.93. The minimum Gasteiger partial charge on any atom is -0.477 e. The molecule has 0 radical (unpaired) electrons. The number of carboxylic acid groups (broad SMARTS) is 1. The third-order valence-corrected chi connectivity index (χ3v) is 2.93. The Morgan fingerprint density at radius 3 is 2.60 bits per heavy atom. The molecule has 0 amide bonds. The van der Waals surface area contributed by atoms with E-state index < -0.39 is 16.6 Å². The number of methoxy groups -OCH3 is 1. The van der Waals surface area contributed by atoms with Crippen LogP contribution in [-0.2, 0) is 4.74 Å². The highest BCUT2D eigenvalue weighted by atomic mass is 16.6. The molecule has 20 heavy (non-hydrogen) atoms. The number of aromatic carboxylic acids is 1. The van der Waals surface area contributed by atoms with Crippen molar-refractivity contribution >= 4 is 17.3 Å². The quantitative estimate of drug-likeness (QED) is 0.588. The zero-order chi connectivity index (χ0) is 15.3. The zero-order valence-corrected chi connectivity index (χ0v) is 11.6. The lowest BCUT2D eigenvalue weighted by molar-refractivity contribution is -0.385. The SMILES string of the molecule is COCC(Nc1ccc([N+](=O)[O-])c(C(=O)O)c1)C(C)C. The summed E-state index contributed by atoms with van der Waals surface area (Å²) >= 11 is 0. The molecular weight excluding hydrogens is 264 g/mol. The monoisotopic (exact) mass is 282 g/mol. The standard InChI is InChI=1S/C13H18N2O5/c1-8(2)11(7-20-3)14-9-4-5-12(15(18)19)10(6-9)13(16)17/h4-6,8,11,14H,7H2,1-3H3,(H,16,17). The van der Waals surface area contributed by atoms with Crippen LogP contribution in [0.3, 0.4) is 0 Å². The molecule has 0 aliphatic heterocycles. The van der Waals surface area contributed by atoms with Crippen LogP contribution in [0, 0.1) is 16.0 Å². The van der Waals surface area contributed by atoms with Crippen molar-refractivity contribution in [1.29, 1.82) is 0 Å². The second kappa shape index (κ2) is 6.85. The summed E-state index contributed by atoms with van der Waals surface area (Å²) in [5.74, 6) is -1.06. The van der Waals surface area contributed by atoms with Crippen molar-refractivity contribution in [2.45, 2.75) is 19.9 Å². The summed E-state index contributed by atoms with van der Waals surface area (Å²) in [4.78, 5) is 21.1. The van der Waals surface area contributed by atoms with Gasteiger partial charge in [0.1, 0.15) is 5.56 Å².